The molecule has 0 aliphatic carbocycles. The maximum atomic E-state index is 12.7. The number of fused-ring (bicyclic) bond motifs is 1. The third-order valence-electron chi connectivity index (χ3n) is 5.17. The summed E-state index contributed by atoms with van der Waals surface area (Å²) in [6.07, 6.45) is 1.87. The summed E-state index contributed by atoms with van der Waals surface area (Å²) >= 11 is 1.67. The van der Waals surface area contributed by atoms with E-state index in [-0.39, 0.29) is 24.3 Å². The minimum Gasteiger partial charge on any atom is -0.340 e. The van der Waals surface area contributed by atoms with Crippen molar-refractivity contribution in [1.82, 2.24) is 20.1 Å². The molecule has 2 saturated heterocycles. The smallest absolute Gasteiger partial charge is 0.325 e. The minimum absolute atomic E-state index is 0.193. The molecule has 2 fully saturated rings. The van der Waals surface area contributed by atoms with Crippen LogP contribution in [0.5, 0.6) is 0 Å². The number of amides is 4. The number of carbonyl (C=O) groups excluding carboxylic acids is 3. The molecule has 0 spiro atoms. The molecule has 7 nitrogen and oxygen atoms in total. The number of hydrogen-bond donors (Lipinski definition) is 1. The monoisotopic (exact) mass is 386 g/mol. The number of aromatic nitrogens is 1. The second kappa shape index (κ2) is 6.60. The van der Waals surface area contributed by atoms with Gasteiger partial charge in [0.1, 0.15) is 12.1 Å². The highest BCUT2D eigenvalue weighted by molar-refractivity contribution is 7.18. The number of likely N-dealkylation sites (tertiary alicyclic amines) is 1. The van der Waals surface area contributed by atoms with Crippen LogP contribution in [0.2, 0.25) is 0 Å². The van der Waals surface area contributed by atoms with Crippen molar-refractivity contribution in [3.05, 3.63) is 29.3 Å². The topological polar surface area (TPSA) is 82.6 Å². The number of nitrogens with zero attached hydrogens (tertiary/aromatic N) is 3. The Morgan fingerprint density at radius 2 is 2.11 bits per heavy atom. The number of imide groups is 1. The Kier molecular flexibility index (Phi) is 4.38. The first kappa shape index (κ1) is 17.9. The summed E-state index contributed by atoms with van der Waals surface area (Å²) in [4.78, 5) is 44.6. The second-order valence-corrected chi connectivity index (χ2v) is 8.71. The van der Waals surface area contributed by atoms with Gasteiger partial charge >= 0.3 is 6.03 Å². The Morgan fingerprint density at radius 1 is 1.33 bits per heavy atom. The normalized spacial score (nSPS) is 22.4. The van der Waals surface area contributed by atoms with Crippen LogP contribution in [0, 0.1) is 0 Å². The molecule has 27 heavy (non-hydrogen) atoms. The Bertz CT molecular complexity index is 890. The van der Waals surface area contributed by atoms with Gasteiger partial charge in [-0.05, 0) is 38.8 Å². The molecule has 142 valence electrons. The van der Waals surface area contributed by atoms with Gasteiger partial charge in [0.25, 0.3) is 5.91 Å². The fourth-order valence-corrected chi connectivity index (χ4v) is 4.76. The largest absolute Gasteiger partial charge is 0.340 e. The van der Waals surface area contributed by atoms with Crippen LogP contribution in [0.3, 0.4) is 0 Å². The molecule has 8 heteroatoms. The fourth-order valence-electron chi connectivity index (χ4n) is 3.67. The first-order valence-corrected chi connectivity index (χ1v) is 9.94. The van der Waals surface area contributed by atoms with Crippen LogP contribution in [-0.2, 0) is 9.59 Å². The predicted molar refractivity (Wildman–Crippen MR) is 102 cm³/mol. The molecule has 1 N–H and O–H groups in total. The van der Waals surface area contributed by atoms with Gasteiger partial charge in [0.2, 0.25) is 5.91 Å². The van der Waals surface area contributed by atoms with E-state index in [4.69, 9.17) is 4.98 Å². The third-order valence-corrected chi connectivity index (χ3v) is 6.37. The molecule has 4 amide bonds. The first-order valence-electron chi connectivity index (χ1n) is 9.12. The summed E-state index contributed by atoms with van der Waals surface area (Å²) in [6.45, 7) is 4.29. The van der Waals surface area contributed by atoms with E-state index in [0.717, 1.165) is 33.0 Å². The number of benzene rings is 1. The average Bonchev–Trinajstić information content (AvgIpc) is 3.16. The zero-order valence-electron chi connectivity index (χ0n) is 15.4. The van der Waals surface area contributed by atoms with E-state index in [0.29, 0.717) is 13.1 Å². The number of urea groups is 1. The molecule has 2 aliphatic heterocycles. The molecule has 1 aromatic heterocycles. The van der Waals surface area contributed by atoms with Crippen LogP contribution < -0.4 is 5.32 Å². The quantitative estimate of drug-likeness (QED) is 0.821. The Labute approximate surface area is 161 Å². The summed E-state index contributed by atoms with van der Waals surface area (Å²) < 4.78 is 1.15. The van der Waals surface area contributed by atoms with Crippen molar-refractivity contribution < 1.29 is 14.4 Å². The van der Waals surface area contributed by atoms with Crippen LogP contribution in [0.1, 0.15) is 37.6 Å². The molecular formula is C19H22N4O3S. The van der Waals surface area contributed by atoms with E-state index in [2.05, 4.69) is 11.4 Å². The zero-order chi connectivity index (χ0) is 19.2. The van der Waals surface area contributed by atoms with Gasteiger partial charge < -0.3 is 10.2 Å². The van der Waals surface area contributed by atoms with Crippen molar-refractivity contribution in [2.24, 2.45) is 0 Å². The van der Waals surface area contributed by atoms with Gasteiger partial charge in [0.15, 0.2) is 0 Å². The van der Waals surface area contributed by atoms with Crippen molar-refractivity contribution in [2.45, 2.75) is 38.1 Å². The Balaban J connectivity index is 1.45. The second-order valence-electron chi connectivity index (χ2n) is 7.65. The molecule has 0 unspecified atom stereocenters. The number of carbonyl (C=O) groups is 3. The molecule has 1 atom stereocenters. The summed E-state index contributed by atoms with van der Waals surface area (Å²) in [7, 11) is 0. The molecule has 3 heterocycles. The molecule has 2 aromatic rings. The van der Waals surface area contributed by atoms with Crippen LogP contribution in [-0.4, -0.2) is 57.8 Å². The highest BCUT2D eigenvalue weighted by atomic mass is 32.1. The minimum atomic E-state index is -0.956. The summed E-state index contributed by atoms with van der Waals surface area (Å²) in [6, 6.07) is 7.53. The predicted octanol–water partition coefficient (Wildman–Crippen LogP) is 2.33. The highest BCUT2D eigenvalue weighted by Gasteiger charge is 2.45. The van der Waals surface area contributed by atoms with Crippen molar-refractivity contribution >= 4 is 39.4 Å². The maximum absolute atomic E-state index is 12.7. The van der Waals surface area contributed by atoms with Crippen molar-refractivity contribution in [2.75, 3.05) is 19.6 Å². The lowest BCUT2D eigenvalue weighted by molar-refractivity contribution is -0.139. The number of para-hydroxylation sites is 1. The maximum Gasteiger partial charge on any atom is 0.325 e. The van der Waals surface area contributed by atoms with E-state index < -0.39 is 11.6 Å². The Hall–Kier alpha value is -2.48. The van der Waals surface area contributed by atoms with Crippen LogP contribution >= 0.6 is 11.3 Å². The fraction of sp³-hybridized carbons (Fsp3) is 0.474. The van der Waals surface area contributed by atoms with Crippen molar-refractivity contribution in [1.29, 1.82) is 0 Å². The summed E-state index contributed by atoms with van der Waals surface area (Å²) in [5.74, 6) is -0.359. The van der Waals surface area contributed by atoms with Gasteiger partial charge in [-0.3, -0.25) is 14.5 Å². The number of nitrogens with one attached hydrogen (secondary N) is 1. The lowest BCUT2D eigenvalue weighted by Gasteiger charge is -2.32. The molecule has 0 saturated carbocycles. The number of thiazole rings is 1. The van der Waals surface area contributed by atoms with E-state index in [1.165, 1.54) is 0 Å². The number of rotatable bonds is 3. The molecule has 0 radical (unpaired) electrons. The van der Waals surface area contributed by atoms with Gasteiger partial charge in [-0.2, -0.15) is 0 Å². The van der Waals surface area contributed by atoms with E-state index in [1.807, 2.05) is 18.2 Å². The lowest BCUT2D eigenvalue weighted by atomic mass is 9.98. The Morgan fingerprint density at radius 3 is 2.81 bits per heavy atom. The average molecular weight is 386 g/mol. The van der Waals surface area contributed by atoms with Crippen LogP contribution in [0.4, 0.5) is 4.79 Å². The van der Waals surface area contributed by atoms with Gasteiger partial charge in [-0.1, -0.05) is 12.1 Å². The zero-order valence-corrected chi connectivity index (χ0v) is 16.2. The van der Waals surface area contributed by atoms with Crippen LogP contribution in [0.25, 0.3) is 10.2 Å². The van der Waals surface area contributed by atoms with Gasteiger partial charge in [0.05, 0.1) is 15.2 Å². The van der Waals surface area contributed by atoms with E-state index in [1.54, 1.807) is 30.1 Å². The lowest BCUT2D eigenvalue weighted by Crippen LogP contribution is -2.47. The molecule has 0 bridgehead atoms. The molecule has 1 aromatic carbocycles. The van der Waals surface area contributed by atoms with Gasteiger partial charge in [-0.15, -0.1) is 11.3 Å². The van der Waals surface area contributed by atoms with Gasteiger partial charge in [-0.25, -0.2) is 9.78 Å². The van der Waals surface area contributed by atoms with E-state index >= 15 is 0 Å². The van der Waals surface area contributed by atoms with E-state index in [9.17, 15) is 14.4 Å². The molecule has 2 aliphatic rings. The third kappa shape index (κ3) is 3.29. The number of hydrogen-bond acceptors (Lipinski definition) is 5. The highest BCUT2D eigenvalue weighted by Crippen LogP contribution is 2.33. The molecular weight excluding hydrogens is 364 g/mol. The first-order chi connectivity index (χ1) is 12.8. The van der Waals surface area contributed by atoms with Crippen molar-refractivity contribution in [3.63, 3.8) is 0 Å². The SMILES string of the molecule is CC1(C)NC(=O)N(CC(=O)N2CCC[C@@H](c3nc4ccccc4s3)C2)C1=O. The number of piperidine rings is 1. The molecule has 4 rings (SSSR count). The van der Waals surface area contributed by atoms with Crippen molar-refractivity contribution in [3.8, 4) is 0 Å². The summed E-state index contributed by atoms with van der Waals surface area (Å²) in [5.41, 5.74) is 0.0329. The van der Waals surface area contributed by atoms with Crippen LogP contribution in [0.15, 0.2) is 24.3 Å². The summed E-state index contributed by atoms with van der Waals surface area (Å²) in [5, 5.41) is 3.66. The standard InChI is InChI=1S/C19H22N4O3S/c1-19(2)17(25)23(18(26)21-19)11-15(24)22-9-5-6-12(10-22)16-20-13-7-3-4-8-14(13)27-16/h3-4,7-8,12H,5-6,9-11H2,1-2H3,(H,21,26)/t12-/m1/s1. The van der Waals surface area contributed by atoms with Gasteiger partial charge in [0, 0.05) is 19.0 Å².